The second-order valence-corrected chi connectivity index (χ2v) is 9.91. The monoisotopic (exact) mass is 510 g/mol. The molecule has 1 aliphatic heterocycles. The van der Waals surface area contributed by atoms with Gasteiger partial charge in [-0.25, -0.2) is 14.4 Å². The molecule has 0 amide bonds. The van der Waals surface area contributed by atoms with Gasteiger partial charge in [0, 0.05) is 23.5 Å². The maximum Gasteiger partial charge on any atom is 0.213 e. The van der Waals surface area contributed by atoms with E-state index in [9.17, 15) is 9.90 Å². The number of nitrogens with zero attached hydrogens (tertiary/aromatic N) is 3. The molecule has 0 spiro atoms. The van der Waals surface area contributed by atoms with Crippen LogP contribution in [0.3, 0.4) is 0 Å². The van der Waals surface area contributed by atoms with E-state index >= 15 is 4.39 Å². The summed E-state index contributed by atoms with van der Waals surface area (Å²) in [6.07, 6.45) is 5.62. The lowest BCUT2D eigenvalue weighted by Crippen LogP contribution is -2.34. The molecule has 188 valence electrons. The maximum absolute atomic E-state index is 15.8. The predicted molar refractivity (Wildman–Crippen MR) is 129 cm³/mol. The number of aliphatic carboxylic acids is 1. The quantitative estimate of drug-likeness (QED) is 0.458. The average molecular weight is 511 g/mol. The predicted octanol–water partition coefficient (Wildman–Crippen LogP) is 4.59. The van der Waals surface area contributed by atoms with Crippen molar-refractivity contribution < 1.29 is 23.8 Å². The Morgan fingerprint density at radius 2 is 2.03 bits per heavy atom. The zero-order valence-corrected chi connectivity index (χ0v) is 21.0. The van der Waals surface area contributed by atoms with Crippen LogP contribution in [0, 0.1) is 24.6 Å². The Bertz CT molecular complexity index is 1330. The molecule has 1 aromatic carbocycles. The number of hydrogen-bond donors (Lipinski definition) is 0. The van der Waals surface area contributed by atoms with E-state index in [1.54, 1.807) is 25.3 Å². The molecule has 7 nitrogen and oxygen atoms in total. The highest BCUT2D eigenvalue weighted by molar-refractivity contribution is 6.33. The number of rotatable bonds is 7. The van der Waals surface area contributed by atoms with Crippen LogP contribution in [0.2, 0.25) is 5.02 Å². The van der Waals surface area contributed by atoms with Crippen molar-refractivity contribution in [2.24, 2.45) is 11.8 Å². The van der Waals surface area contributed by atoms with Gasteiger partial charge in [0.15, 0.2) is 11.6 Å². The van der Waals surface area contributed by atoms with Crippen molar-refractivity contribution >= 4 is 17.6 Å². The number of carbonyl (C=O) groups excluding carboxylic acids is 1. The topological polar surface area (TPSA) is 97.3 Å². The molecule has 3 atom stereocenters. The second-order valence-electron chi connectivity index (χ2n) is 9.51. The number of ether oxygens (including phenoxy) is 2. The summed E-state index contributed by atoms with van der Waals surface area (Å²) < 4.78 is 27.2. The Hall–Kier alpha value is -3.26. The van der Waals surface area contributed by atoms with Crippen molar-refractivity contribution in [3.05, 3.63) is 63.9 Å². The first-order valence-corrected chi connectivity index (χ1v) is 12.4. The highest BCUT2D eigenvalue weighted by atomic mass is 35.5. The molecule has 3 heterocycles. The van der Waals surface area contributed by atoms with Crippen molar-refractivity contribution in [3.63, 3.8) is 0 Å². The number of carboxylic acid groups (broad SMARTS) is 1. The summed E-state index contributed by atoms with van der Waals surface area (Å²) in [4.78, 5) is 25.0. The molecule has 0 saturated heterocycles. The summed E-state index contributed by atoms with van der Waals surface area (Å²) in [5.74, 6) is -2.15. The van der Waals surface area contributed by atoms with Crippen LogP contribution in [-0.2, 0) is 11.2 Å². The van der Waals surface area contributed by atoms with Gasteiger partial charge in [0.1, 0.15) is 11.8 Å². The maximum atomic E-state index is 15.8. The van der Waals surface area contributed by atoms with Gasteiger partial charge in [0.2, 0.25) is 5.88 Å². The number of pyridine rings is 1. The number of methoxy groups -OCH3 is 1. The van der Waals surface area contributed by atoms with E-state index in [-0.39, 0.29) is 11.7 Å². The van der Waals surface area contributed by atoms with Gasteiger partial charge in [-0.2, -0.15) is 0 Å². The standard InChI is InChI=1S/C27H27ClFN3O4/c1-13(27(33)34)23(15-4-5-15)17-8-6-16-7-9-21(36-26(16)24(17)29)25-14(2)32-20(12-31-25)18-10-22(35-3)30-11-19(18)28/h6,8,10-13,15,21,23H,4-5,7,9H2,1-3H3,(H,33,34)/p-1/t13-,21?,23-/m0/s1. The van der Waals surface area contributed by atoms with Crippen LogP contribution in [0.4, 0.5) is 4.39 Å². The minimum atomic E-state index is -1.17. The van der Waals surface area contributed by atoms with Crippen molar-refractivity contribution in [2.45, 2.75) is 51.6 Å². The third-order valence-corrected chi connectivity index (χ3v) is 7.45. The van der Waals surface area contributed by atoms with Crippen LogP contribution in [0.15, 0.2) is 30.6 Å². The minimum Gasteiger partial charge on any atom is -0.550 e. The zero-order chi connectivity index (χ0) is 25.6. The summed E-state index contributed by atoms with van der Waals surface area (Å²) in [6, 6.07) is 5.26. The molecular weight excluding hydrogens is 485 g/mol. The molecule has 0 bridgehead atoms. The Kier molecular flexibility index (Phi) is 6.55. The number of aryl methyl sites for hydroxylation is 2. The minimum absolute atomic E-state index is 0.143. The molecule has 5 rings (SSSR count). The molecular formula is C27H26ClFN3O4-. The molecule has 36 heavy (non-hydrogen) atoms. The van der Waals surface area contributed by atoms with E-state index in [4.69, 9.17) is 21.1 Å². The highest BCUT2D eigenvalue weighted by Crippen LogP contribution is 2.49. The number of halogens is 2. The van der Waals surface area contributed by atoms with Crippen molar-refractivity contribution in [3.8, 4) is 22.9 Å². The first-order valence-electron chi connectivity index (χ1n) is 12.0. The lowest BCUT2D eigenvalue weighted by Gasteiger charge is -2.30. The summed E-state index contributed by atoms with van der Waals surface area (Å²) in [6.45, 7) is 3.42. The fourth-order valence-corrected chi connectivity index (χ4v) is 5.27. The molecule has 2 aliphatic rings. The van der Waals surface area contributed by atoms with E-state index in [0.717, 1.165) is 18.4 Å². The van der Waals surface area contributed by atoms with Crippen LogP contribution >= 0.6 is 11.6 Å². The van der Waals surface area contributed by atoms with E-state index in [0.29, 0.717) is 52.0 Å². The Balaban J connectivity index is 1.45. The highest BCUT2D eigenvalue weighted by Gasteiger charge is 2.39. The summed E-state index contributed by atoms with van der Waals surface area (Å²) in [5, 5.41) is 12.0. The second kappa shape index (κ2) is 9.65. The molecule has 1 unspecified atom stereocenters. The number of fused-ring (bicyclic) bond motifs is 1. The third-order valence-electron chi connectivity index (χ3n) is 7.15. The first kappa shape index (κ1) is 24.4. The van der Waals surface area contributed by atoms with Gasteiger partial charge in [-0.1, -0.05) is 30.7 Å². The number of hydrogen-bond acceptors (Lipinski definition) is 7. The smallest absolute Gasteiger partial charge is 0.213 e. The van der Waals surface area contributed by atoms with E-state index < -0.39 is 29.7 Å². The fourth-order valence-electron chi connectivity index (χ4n) is 5.07. The van der Waals surface area contributed by atoms with Gasteiger partial charge >= 0.3 is 0 Å². The Morgan fingerprint density at radius 3 is 2.69 bits per heavy atom. The molecule has 9 heteroatoms. The van der Waals surface area contributed by atoms with Crippen LogP contribution in [0.5, 0.6) is 11.6 Å². The van der Waals surface area contributed by atoms with Crippen LogP contribution < -0.4 is 14.6 Å². The van der Waals surface area contributed by atoms with Crippen LogP contribution in [0.25, 0.3) is 11.3 Å². The van der Waals surface area contributed by atoms with Gasteiger partial charge in [-0.05, 0) is 55.6 Å². The Labute approximate surface area is 213 Å². The number of carboxylic acids is 1. The lowest BCUT2D eigenvalue weighted by molar-refractivity contribution is -0.311. The zero-order valence-electron chi connectivity index (χ0n) is 20.3. The van der Waals surface area contributed by atoms with E-state index in [1.165, 1.54) is 13.3 Å². The largest absolute Gasteiger partial charge is 0.550 e. The first-order chi connectivity index (χ1) is 17.3. The molecule has 3 aromatic rings. The van der Waals surface area contributed by atoms with Crippen LogP contribution in [0.1, 0.15) is 60.7 Å². The van der Waals surface area contributed by atoms with Gasteiger partial charge in [0.25, 0.3) is 0 Å². The molecule has 1 saturated carbocycles. The number of benzene rings is 1. The summed E-state index contributed by atoms with van der Waals surface area (Å²) >= 11 is 6.32. The molecule has 1 aliphatic carbocycles. The van der Waals surface area contributed by atoms with Gasteiger partial charge in [-0.15, -0.1) is 0 Å². The van der Waals surface area contributed by atoms with Gasteiger partial charge < -0.3 is 19.4 Å². The molecule has 0 radical (unpaired) electrons. The molecule has 1 fully saturated rings. The SMILES string of the molecule is COc1cc(-c2cnc(C3CCc4ccc([C@H](C5CC5)[C@H](C)C(=O)[O-])c(F)c4O3)c(C)n2)c(Cl)cn1. The molecule has 0 N–H and O–H groups in total. The summed E-state index contributed by atoms with van der Waals surface area (Å²) in [5.41, 5.74) is 3.62. The summed E-state index contributed by atoms with van der Waals surface area (Å²) in [7, 11) is 1.52. The van der Waals surface area contributed by atoms with Crippen molar-refractivity contribution in [2.75, 3.05) is 7.11 Å². The van der Waals surface area contributed by atoms with Gasteiger partial charge in [-0.3, -0.25) is 4.98 Å². The lowest BCUT2D eigenvalue weighted by atomic mass is 9.82. The van der Waals surface area contributed by atoms with Crippen LogP contribution in [-0.4, -0.2) is 28.0 Å². The van der Waals surface area contributed by atoms with E-state index in [1.807, 2.05) is 13.0 Å². The van der Waals surface area contributed by atoms with Crippen molar-refractivity contribution in [1.29, 1.82) is 0 Å². The van der Waals surface area contributed by atoms with Gasteiger partial charge in [0.05, 0.1) is 35.9 Å². The Morgan fingerprint density at radius 1 is 1.25 bits per heavy atom. The normalized spacial score (nSPS) is 18.6. The number of carbonyl (C=O) groups is 1. The number of aromatic nitrogens is 3. The molecule has 2 aromatic heterocycles. The average Bonchev–Trinajstić information content (AvgIpc) is 3.71. The fraction of sp³-hybridized carbons (Fsp3) is 0.407. The van der Waals surface area contributed by atoms with E-state index in [2.05, 4.69) is 15.0 Å². The third kappa shape index (κ3) is 4.50. The van der Waals surface area contributed by atoms with Crippen molar-refractivity contribution in [1.82, 2.24) is 15.0 Å².